The number of nitrogens with two attached hydrogens (primary N) is 2. The van der Waals surface area contributed by atoms with Crippen LogP contribution in [-0.2, 0) is 11.2 Å². The van der Waals surface area contributed by atoms with Gasteiger partial charge in [-0.1, -0.05) is 35.9 Å². The summed E-state index contributed by atoms with van der Waals surface area (Å²) in [4.78, 5) is 11.1. The average Bonchev–Trinajstić information content (AvgIpc) is 2.52. The highest BCUT2D eigenvalue weighted by atomic mass is 35.5. The van der Waals surface area contributed by atoms with E-state index in [1.54, 1.807) is 36.4 Å². The first-order valence-corrected chi connectivity index (χ1v) is 7.57. The molecule has 6 heteroatoms. The van der Waals surface area contributed by atoms with E-state index in [0.717, 1.165) is 5.56 Å². The number of carbonyl (C=O) groups excluding carboxylic acids is 1. The maximum Gasteiger partial charge on any atom is 0.404 e. The van der Waals surface area contributed by atoms with Crippen molar-refractivity contribution in [3.05, 3.63) is 64.7 Å². The van der Waals surface area contributed by atoms with Crippen molar-refractivity contribution < 1.29 is 14.6 Å². The highest BCUT2D eigenvalue weighted by Crippen LogP contribution is 2.25. The van der Waals surface area contributed by atoms with Crippen LogP contribution in [0.25, 0.3) is 0 Å². The summed E-state index contributed by atoms with van der Waals surface area (Å²) in [6.07, 6.45) is -1.66. The normalized spacial score (nSPS) is 13.3. The van der Waals surface area contributed by atoms with Crippen LogP contribution in [0.4, 0.5) is 10.5 Å². The van der Waals surface area contributed by atoms with Crippen molar-refractivity contribution in [1.82, 2.24) is 0 Å². The molecule has 2 atom stereocenters. The highest BCUT2D eigenvalue weighted by molar-refractivity contribution is 6.30. The van der Waals surface area contributed by atoms with Gasteiger partial charge in [0.15, 0.2) is 0 Å². The fraction of sp³-hybridized carbons (Fsp3) is 0.235. The number of aryl methyl sites for hydroxylation is 1. The molecule has 0 aromatic heterocycles. The third-order valence-electron chi connectivity index (χ3n) is 3.51. The number of aliphatic hydroxyl groups excluding tert-OH is 1. The van der Waals surface area contributed by atoms with E-state index in [-0.39, 0.29) is 0 Å². The molecule has 0 bridgehead atoms. The average molecular weight is 335 g/mol. The Morgan fingerprint density at radius 2 is 1.91 bits per heavy atom. The van der Waals surface area contributed by atoms with E-state index in [9.17, 15) is 9.90 Å². The molecule has 1 unspecified atom stereocenters. The molecule has 0 radical (unpaired) electrons. The van der Waals surface area contributed by atoms with Crippen molar-refractivity contribution in [3.63, 3.8) is 0 Å². The predicted octanol–water partition coefficient (Wildman–Crippen LogP) is 3.05. The van der Waals surface area contributed by atoms with Gasteiger partial charge in [0.05, 0.1) is 0 Å². The quantitative estimate of drug-likeness (QED) is 0.707. The van der Waals surface area contributed by atoms with Gasteiger partial charge in [-0.25, -0.2) is 4.79 Å². The summed E-state index contributed by atoms with van der Waals surface area (Å²) < 4.78 is 5.07. The smallest absolute Gasteiger partial charge is 0.404 e. The monoisotopic (exact) mass is 334 g/mol. The Kier molecular flexibility index (Phi) is 5.84. The molecule has 1 amide bonds. The summed E-state index contributed by atoms with van der Waals surface area (Å²) in [6.45, 7) is 0. The fourth-order valence-electron chi connectivity index (χ4n) is 2.33. The van der Waals surface area contributed by atoms with Crippen LogP contribution >= 0.6 is 11.6 Å². The molecular weight excluding hydrogens is 316 g/mol. The lowest BCUT2D eigenvalue weighted by atomic mass is 9.98. The van der Waals surface area contributed by atoms with Crippen molar-refractivity contribution >= 4 is 23.4 Å². The van der Waals surface area contributed by atoms with Crippen LogP contribution in [0.3, 0.4) is 0 Å². The number of primary amides is 1. The Labute approximate surface area is 139 Å². The van der Waals surface area contributed by atoms with Gasteiger partial charge in [0.1, 0.15) is 12.2 Å². The molecule has 23 heavy (non-hydrogen) atoms. The standard InChI is InChI=1S/C17H19ClN2O3/c18-13-3-1-2-12(10-13)16(21)15(23-17(20)22)9-6-11-4-7-14(19)8-5-11/h1-5,7-8,10,15-16,21H,6,9,19H2,(H2,20,22)/t15?,16-/m1/s1. The van der Waals surface area contributed by atoms with Gasteiger partial charge in [0, 0.05) is 10.7 Å². The number of nitrogen functional groups attached to an aromatic ring is 1. The lowest BCUT2D eigenvalue weighted by Crippen LogP contribution is -2.29. The summed E-state index contributed by atoms with van der Waals surface area (Å²) in [7, 11) is 0. The molecule has 0 saturated carbocycles. The summed E-state index contributed by atoms with van der Waals surface area (Å²) in [6, 6.07) is 14.2. The number of ether oxygens (including phenoxy) is 1. The molecule has 0 aliphatic heterocycles. The minimum absolute atomic E-state index is 0.417. The third-order valence-corrected chi connectivity index (χ3v) is 3.74. The summed E-state index contributed by atoms with van der Waals surface area (Å²) in [5.41, 5.74) is 13.0. The van der Waals surface area contributed by atoms with Gasteiger partial charge in [-0.15, -0.1) is 0 Å². The topological polar surface area (TPSA) is 98.6 Å². The molecule has 2 aromatic carbocycles. The number of halogens is 1. The Bertz CT molecular complexity index is 661. The van der Waals surface area contributed by atoms with Gasteiger partial charge < -0.3 is 21.3 Å². The summed E-state index contributed by atoms with van der Waals surface area (Å²) in [5, 5.41) is 11.0. The minimum atomic E-state index is -1.00. The second-order valence-electron chi connectivity index (χ2n) is 5.26. The second-order valence-corrected chi connectivity index (χ2v) is 5.69. The maximum absolute atomic E-state index is 11.1. The Balaban J connectivity index is 2.09. The number of aliphatic hydroxyl groups is 1. The second kappa shape index (κ2) is 7.85. The number of hydrogen-bond acceptors (Lipinski definition) is 4. The number of rotatable bonds is 6. The summed E-state index contributed by atoms with van der Waals surface area (Å²) in [5.74, 6) is 0. The molecule has 0 aliphatic rings. The largest absolute Gasteiger partial charge is 0.443 e. The lowest BCUT2D eigenvalue weighted by Gasteiger charge is -2.23. The third kappa shape index (κ3) is 5.16. The fourth-order valence-corrected chi connectivity index (χ4v) is 2.53. The predicted molar refractivity (Wildman–Crippen MR) is 90.0 cm³/mol. The van der Waals surface area contributed by atoms with Gasteiger partial charge >= 0.3 is 6.09 Å². The van der Waals surface area contributed by atoms with Crippen LogP contribution in [0.1, 0.15) is 23.7 Å². The Hall–Kier alpha value is -2.24. The molecule has 0 spiro atoms. The number of hydrogen-bond donors (Lipinski definition) is 3. The van der Waals surface area contributed by atoms with Crippen molar-refractivity contribution in [1.29, 1.82) is 0 Å². The molecule has 5 nitrogen and oxygen atoms in total. The van der Waals surface area contributed by atoms with Crippen molar-refractivity contribution in [3.8, 4) is 0 Å². The number of anilines is 1. The SMILES string of the molecule is NC(=O)OC(CCc1ccc(N)cc1)[C@H](O)c1cccc(Cl)c1. The zero-order valence-corrected chi connectivity index (χ0v) is 13.2. The Morgan fingerprint density at radius 1 is 1.22 bits per heavy atom. The first kappa shape index (κ1) is 17.1. The van der Waals surface area contributed by atoms with Crippen molar-refractivity contribution in [2.24, 2.45) is 5.73 Å². The van der Waals surface area contributed by atoms with Gasteiger partial charge in [-0.3, -0.25) is 0 Å². The van der Waals surface area contributed by atoms with Crippen molar-refractivity contribution in [2.75, 3.05) is 5.73 Å². The number of benzene rings is 2. The lowest BCUT2D eigenvalue weighted by molar-refractivity contribution is 0.000959. The van der Waals surface area contributed by atoms with Crippen LogP contribution in [0, 0.1) is 0 Å². The van der Waals surface area contributed by atoms with Crippen LogP contribution in [-0.4, -0.2) is 17.3 Å². The van der Waals surface area contributed by atoms with E-state index >= 15 is 0 Å². The molecular formula is C17H19ClN2O3. The van der Waals surface area contributed by atoms with E-state index in [1.165, 1.54) is 0 Å². The van der Waals surface area contributed by atoms with Gasteiger partial charge in [0.25, 0.3) is 0 Å². The first-order valence-electron chi connectivity index (χ1n) is 7.20. The van der Waals surface area contributed by atoms with E-state index in [0.29, 0.717) is 29.1 Å². The Morgan fingerprint density at radius 3 is 2.52 bits per heavy atom. The summed E-state index contributed by atoms with van der Waals surface area (Å²) >= 11 is 5.93. The van der Waals surface area contributed by atoms with E-state index < -0.39 is 18.3 Å². The first-order chi connectivity index (χ1) is 11.0. The molecule has 2 rings (SSSR count). The van der Waals surface area contributed by atoms with Gasteiger partial charge in [-0.2, -0.15) is 0 Å². The van der Waals surface area contributed by atoms with E-state index in [2.05, 4.69) is 0 Å². The van der Waals surface area contributed by atoms with E-state index in [1.807, 2.05) is 12.1 Å². The molecule has 0 saturated heterocycles. The maximum atomic E-state index is 11.1. The van der Waals surface area contributed by atoms with Crippen LogP contribution in [0.2, 0.25) is 5.02 Å². The molecule has 0 fully saturated rings. The van der Waals surface area contributed by atoms with Crippen LogP contribution in [0.15, 0.2) is 48.5 Å². The van der Waals surface area contributed by atoms with Crippen molar-refractivity contribution in [2.45, 2.75) is 25.0 Å². The highest BCUT2D eigenvalue weighted by Gasteiger charge is 2.24. The molecule has 0 heterocycles. The van der Waals surface area contributed by atoms with Crippen LogP contribution < -0.4 is 11.5 Å². The van der Waals surface area contributed by atoms with Gasteiger partial charge in [-0.05, 0) is 48.2 Å². The number of carbonyl (C=O) groups is 1. The molecule has 2 aromatic rings. The minimum Gasteiger partial charge on any atom is -0.443 e. The van der Waals surface area contributed by atoms with Crippen LogP contribution in [0.5, 0.6) is 0 Å². The zero-order valence-electron chi connectivity index (χ0n) is 12.5. The molecule has 5 N–H and O–H groups in total. The molecule has 122 valence electrons. The van der Waals surface area contributed by atoms with Gasteiger partial charge in [0.2, 0.25) is 0 Å². The number of amides is 1. The van der Waals surface area contributed by atoms with E-state index in [4.69, 9.17) is 27.8 Å². The molecule has 0 aliphatic carbocycles. The zero-order chi connectivity index (χ0) is 16.8.